The Morgan fingerprint density at radius 1 is 1.00 bits per heavy atom. The molecule has 5 nitrogen and oxygen atoms in total. The van der Waals surface area contributed by atoms with Crippen molar-refractivity contribution in [2.75, 3.05) is 7.11 Å². The number of ether oxygens (including phenoxy) is 1. The van der Waals surface area contributed by atoms with Crippen molar-refractivity contribution < 1.29 is 18.0 Å². The van der Waals surface area contributed by atoms with E-state index < -0.39 is 10.0 Å². The van der Waals surface area contributed by atoms with Crippen LogP contribution in [0.5, 0.6) is 5.75 Å². The van der Waals surface area contributed by atoms with Crippen LogP contribution < -0.4 is 4.74 Å². The summed E-state index contributed by atoms with van der Waals surface area (Å²) in [5, 5.41) is 0. The predicted molar refractivity (Wildman–Crippen MR) is 101 cm³/mol. The van der Waals surface area contributed by atoms with Crippen molar-refractivity contribution >= 4 is 15.8 Å². The highest BCUT2D eigenvalue weighted by Crippen LogP contribution is 2.33. The lowest BCUT2D eigenvalue weighted by Crippen LogP contribution is -2.31. The first-order valence-corrected chi connectivity index (χ1v) is 9.60. The van der Waals surface area contributed by atoms with Crippen LogP contribution in [0.15, 0.2) is 70.8 Å². The van der Waals surface area contributed by atoms with Crippen LogP contribution in [0.25, 0.3) is 5.76 Å². The van der Waals surface area contributed by atoms with Crippen molar-refractivity contribution in [2.45, 2.75) is 25.7 Å². The fraction of sp³-hybridized carbons (Fsp3) is 0.200. The van der Waals surface area contributed by atoms with Crippen molar-refractivity contribution in [3.63, 3.8) is 0 Å². The zero-order valence-corrected chi connectivity index (χ0v) is 16.0. The first kappa shape index (κ1) is 18.1. The van der Waals surface area contributed by atoms with Gasteiger partial charge in [-0.1, -0.05) is 16.6 Å². The van der Waals surface area contributed by atoms with Gasteiger partial charge in [0.15, 0.2) is 5.76 Å². The molecule has 0 aromatic heterocycles. The Hall–Kier alpha value is -2.73. The van der Waals surface area contributed by atoms with Gasteiger partial charge in [-0.2, -0.15) is 8.42 Å². The SMILES string of the molecule is COc1ccc(C2=CC(C)=C(C)N(S(=O)(=O)c3cccc(C)c3)O2)cc1. The molecule has 0 unspecified atom stereocenters. The van der Waals surface area contributed by atoms with Gasteiger partial charge in [0, 0.05) is 5.56 Å². The lowest BCUT2D eigenvalue weighted by Gasteiger charge is -2.30. The Kier molecular flexibility index (Phi) is 4.78. The number of aryl methyl sites for hydroxylation is 1. The van der Waals surface area contributed by atoms with Crippen molar-refractivity contribution in [3.8, 4) is 5.75 Å². The summed E-state index contributed by atoms with van der Waals surface area (Å²) in [7, 11) is -2.24. The average Bonchev–Trinajstić information content (AvgIpc) is 2.63. The molecule has 0 radical (unpaired) electrons. The van der Waals surface area contributed by atoms with Crippen LogP contribution in [0.3, 0.4) is 0 Å². The second-order valence-corrected chi connectivity index (χ2v) is 7.90. The minimum atomic E-state index is -3.83. The van der Waals surface area contributed by atoms with Gasteiger partial charge in [-0.25, -0.2) is 0 Å². The molecule has 0 bridgehead atoms. The molecule has 136 valence electrons. The van der Waals surface area contributed by atoms with E-state index in [-0.39, 0.29) is 4.90 Å². The van der Waals surface area contributed by atoms with Gasteiger partial charge in [-0.3, -0.25) is 0 Å². The third-order valence-corrected chi connectivity index (χ3v) is 5.89. The van der Waals surface area contributed by atoms with Gasteiger partial charge >= 0.3 is 0 Å². The number of benzene rings is 2. The minimum absolute atomic E-state index is 0.195. The number of nitrogens with zero attached hydrogens (tertiary/aromatic N) is 1. The normalized spacial score (nSPS) is 14.8. The Morgan fingerprint density at radius 2 is 1.69 bits per heavy atom. The van der Waals surface area contributed by atoms with Gasteiger partial charge in [-0.15, -0.1) is 0 Å². The highest BCUT2D eigenvalue weighted by Gasteiger charge is 2.31. The van der Waals surface area contributed by atoms with E-state index in [0.29, 0.717) is 11.5 Å². The first-order chi connectivity index (χ1) is 12.3. The fourth-order valence-electron chi connectivity index (χ4n) is 2.62. The van der Waals surface area contributed by atoms with E-state index in [1.807, 2.05) is 38.1 Å². The third-order valence-electron chi connectivity index (χ3n) is 4.25. The molecule has 0 aliphatic carbocycles. The zero-order valence-electron chi connectivity index (χ0n) is 15.2. The molecule has 0 spiro atoms. The smallest absolute Gasteiger partial charge is 0.294 e. The zero-order chi connectivity index (χ0) is 18.9. The average molecular weight is 371 g/mol. The Bertz CT molecular complexity index is 989. The quantitative estimate of drug-likeness (QED) is 0.805. The lowest BCUT2D eigenvalue weighted by atomic mass is 10.1. The van der Waals surface area contributed by atoms with Gasteiger partial charge in [0.2, 0.25) is 0 Å². The summed E-state index contributed by atoms with van der Waals surface area (Å²) in [5.74, 6) is 1.19. The summed E-state index contributed by atoms with van der Waals surface area (Å²) in [5.41, 5.74) is 2.98. The molecule has 0 atom stereocenters. The van der Waals surface area contributed by atoms with Gasteiger partial charge < -0.3 is 9.57 Å². The van der Waals surface area contributed by atoms with E-state index in [9.17, 15) is 8.42 Å². The largest absolute Gasteiger partial charge is 0.497 e. The van der Waals surface area contributed by atoms with E-state index in [1.165, 1.54) is 0 Å². The maximum Gasteiger partial charge on any atom is 0.294 e. The first-order valence-electron chi connectivity index (χ1n) is 8.16. The summed E-state index contributed by atoms with van der Waals surface area (Å²) in [6, 6.07) is 14.0. The molecule has 0 saturated carbocycles. The van der Waals surface area contributed by atoms with Crippen LogP contribution in [-0.4, -0.2) is 20.0 Å². The molecule has 2 aromatic rings. The van der Waals surface area contributed by atoms with Crippen molar-refractivity contribution in [1.82, 2.24) is 4.47 Å². The second kappa shape index (κ2) is 6.88. The number of hydrogen-bond acceptors (Lipinski definition) is 4. The van der Waals surface area contributed by atoms with Gasteiger partial charge in [0.25, 0.3) is 10.0 Å². The Labute approximate surface area is 154 Å². The summed E-state index contributed by atoms with van der Waals surface area (Å²) in [6.07, 6.45) is 1.83. The predicted octanol–water partition coefficient (Wildman–Crippen LogP) is 4.27. The monoisotopic (exact) mass is 371 g/mol. The van der Waals surface area contributed by atoms with Crippen molar-refractivity contribution in [3.05, 3.63) is 77.0 Å². The molecular formula is C20H21NO4S. The molecule has 0 saturated heterocycles. The number of rotatable bonds is 4. The number of hydrogen-bond donors (Lipinski definition) is 0. The molecule has 1 aliphatic rings. The molecular weight excluding hydrogens is 350 g/mol. The highest BCUT2D eigenvalue weighted by molar-refractivity contribution is 7.89. The van der Waals surface area contributed by atoms with Crippen LogP contribution in [-0.2, 0) is 14.9 Å². The van der Waals surface area contributed by atoms with E-state index in [4.69, 9.17) is 9.57 Å². The molecule has 1 heterocycles. The molecule has 1 aliphatic heterocycles. The molecule has 0 amide bonds. The maximum absolute atomic E-state index is 13.1. The number of allylic oxidation sites excluding steroid dienone is 3. The second-order valence-electron chi connectivity index (χ2n) is 6.15. The number of methoxy groups -OCH3 is 1. The minimum Gasteiger partial charge on any atom is -0.497 e. The maximum atomic E-state index is 13.1. The molecule has 6 heteroatoms. The van der Waals surface area contributed by atoms with E-state index in [0.717, 1.165) is 26.9 Å². The van der Waals surface area contributed by atoms with Gasteiger partial charge in [-0.05, 0) is 74.4 Å². The highest BCUT2D eigenvalue weighted by atomic mass is 32.2. The van der Waals surface area contributed by atoms with E-state index >= 15 is 0 Å². The van der Waals surface area contributed by atoms with Crippen LogP contribution in [0.2, 0.25) is 0 Å². The summed E-state index contributed by atoms with van der Waals surface area (Å²) in [6.45, 7) is 5.44. The third kappa shape index (κ3) is 3.32. The summed E-state index contributed by atoms with van der Waals surface area (Å²) < 4.78 is 32.3. The lowest BCUT2D eigenvalue weighted by molar-refractivity contribution is 0.0332. The molecule has 0 fully saturated rings. The fourth-order valence-corrected chi connectivity index (χ4v) is 4.08. The summed E-state index contributed by atoms with van der Waals surface area (Å²) in [4.78, 5) is 5.99. The van der Waals surface area contributed by atoms with Crippen LogP contribution in [0.1, 0.15) is 25.0 Å². The Morgan fingerprint density at radius 3 is 2.31 bits per heavy atom. The number of hydroxylamine groups is 1. The van der Waals surface area contributed by atoms with Crippen molar-refractivity contribution in [2.24, 2.45) is 0 Å². The molecule has 3 rings (SSSR count). The van der Waals surface area contributed by atoms with Crippen LogP contribution >= 0.6 is 0 Å². The van der Waals surface area contributed by atoms with Gasteiger partial charge in [0.05, 0.1) is 17.7 Å². The van der Waals surface area contributed by atoms with Crippen molar-refractivity contribution in [1.29, 1.82) is 0 Å². The number of sulfonamides is 1. The topological polar surface area (TPSA) is 55.8 Å². The van der Waals surface area contributed by atoms with Crippen LogP contribution in [0.4, 0.5) is 0 Å². The van der Waals surface area contributed by atoms with E-state index in [2.05, 4.69) is 0 Å². The standard InChI is InChI=1S/C20H21NO4S/c1-14-6-5-7-19(12-14)26(22,23)21-16(3)15(2)13-20(25-21)17-8-10-18(24-4)11-9-17/h5-13H,1-4H3. The van der Waals surface area contributed by atoms with E-state index in [1.54, 1.807) is 44.4 Å². The van der Waals surface area contributed by atoms with Crippen LogP contribution in [0, 0.1) is 6.92 Å². The molecule has 2 aromatic carbocycles. The molecule has 26 heavy (non-hydrogen) atoms. The van der Waals surface area contributed by atoms with Gasteiger partial charge in [0.1, 0.15) is 5.75 Å². The molecule has 0 N–H and O–H groups in total. The Balaban J connectivity index is 2.00. The summed E-state index contributed by atoms with van der Waals surface area (Å²) >= 11 is 0.